The smallest absolute Gasteiger partial charge is 0.303 e. The van der Waals surface area contributed by atoms with E-state index in [9.17, 15) is 23.5 Å². The lowest BCUT2D eigenvalue weighted by Crippen LogP contribution is -2.43. The van der Waals surface area contributed by atoms with E-state index in [1.807, 2.05) is 18.2 Å². The molecule has 1 fully saturated rings. The summed E-state index contributed by atoms with van der Waals surface area (Å²) < 4.78 is 34.7. The number of nitrogens with zero attached hydrogens (tertiary/aromatic N) is 2. The van der Waals surface area contributed by atoms with Gasteiger partial charge in [0.15, 0.2) is 0 Å². The fraction of sp³-hybridized carbons (Fsp3) is 0.393. The molecule has 202 valence electrons. The number of fused-ring (bicyclic) bond motifs is 1. The van der Waals surface area contributed by atoms with Gasteiger partial charge in [0.1, 0.15) is 11.6 Å². The van der Waals surface area contributed by atoms with E-state index in [4.69, 9.17) is 4.74 Å². The summed E-state index contributed by atoms with van der Waals surface area (Å²) in [6, 6.07) is 12.7. The van der Waals surface area contributed by atoms with Gasteiger partial charge in [0.05, 0.1) is 24.7 Å². The highest BCUT2D eigenvalue weighted by Gasteiger charge is 2.37. The third-order valence-electron chi connectivity index (χ3n) is 6.88. The molecular weight excluding hydrogens is 560 g/mol. The number of aliphatic carboxylic acids is 1. The SMILES string of the molecule is COc1ccccc1[C@@H](CCC(=O)O)CNC(=O)c1c(C)c(N2CCCC(F)(F)C2)nc2ccc(Br)cc12. The Bertz CT molecular complexity index is 1350. The molecule has 0 bridgehead atoms. The van der Waals surface area contributed by atoms with Crippen LogP contribution in [0.4, 0.5) is 14.6 Å². The van der Waals surface area contributed by atoms with Crippen molar-refractivity contribution in [2.45, 2.75) is 44.4 Å². The number of rotatable bonds is 9. The van der Waals surface area contributed by atoms with Gasteiger partial charge < -0.3 is 20.1 Å². The summed E-state index contributed by atoms with van der Waals surface area (Å²) in [4.78, 5) is 31.3. The van der Waals surface area contributed by atoms with Crippen LogP contribution in [0.25, 0.3) is 10.9 Å². The maximum absolute atomic E-state index is 14.3. The average Bonchev–Trinajstić information content (AvgIpc) is 2.87. The van der Waals surface area contributed by atoms with Crippen LogP contribution in [0.2, 0.25) is 0 Å². The van der Waals surface area contributed by atoms with Gasteiger partial charge in [-0.1, -0.05) is 34.1 Å². The number of amides is 1. The largest absolute Gasteiger partial charge is 0.496 e. The van der Waals surface area contributed by atoms with Crippen molar-refractivity contribution >= 4 is 44.5 Å². The Hall–Kier alpha value is -3.27. The number of halogens is 3. The van der Waals surface area contributed by atoms with Crippen LogP contribution in [-0.4, -0.2) is 54.6 Å². The van der Waals surface area contributed by atoms with Crippen LogP contribution in [0.3, 0.4) is 0 Å². The van der Waals surface area contributed by atoms with E-state index in [0.717, 1.165) is 10.0 Å². The minimum atomic E-state index is -2.82. The summed E-state index contributed by atoms with van der Waals surface area (Å²) in [5.41, 5.74) is 2.20. The van der Waals surface area contributed by atoms with Gasteiger partial charge in [-0.05, 0) is 49.6 Å². The number of alkyl halides is 2. The quantitative estimate of drug-likeness (QED) is 0.321. The molecule has 1 aliphatic heterocycles. The van der Waals surface area contributed by atoms with Crippen molar-refractivity contribution in [3.8, 4) is 5.75 Å². The lowest BCUT2D eigenvalue weighted by molar-refractivity contribution is -0.137. The summed E-state index contributed by atoms with van der Waals surface area (Å²) in [5.74, 6) is -3.47. The molecule has 1 aromatic heterocycles. The molecule has 0 spiro atoms. The number of methoxy groups -OCH3 is 1. The number of hydrogen-bond acceptors (Lipinski definition) is 5. The van der Waals surface area contributed by atoms with E-state index in [1.54, 1.807) is 43.2 Å². The number of benzene rings is 2. The van der Waals surface area contributed by atoms with Gasteiger partial charge >= 0.3 is 5.97 Å². The standard InChI is InChI=1S/C28H30BrF2N3O4/c1-17-25(27(37)32-15-18(8-11-24(35)36)20-6-3-4-7-23(20)38-2)21-14-19(29)9-10-22(21)33-26(17)34-13-5-12-28(30,31)16-34/h3-4,6-7,9-10,14,18H,5,8,11-13,15-16H2,1-2H3,(H,32,37)(H,35,36)/t18-/m0/s1. The first-order chi connectivity index (χ1) is 18.1. The first kappa shape index (κ1) is 27.8. The molecule has 7 nitrogen and oxygen atoms in total. The van der Waals surface area contributed by atoms with Crippen LogP contribution in [0.1, 0.15) is 53.1 Å². The van der Waals surface area contributed by atoms with Crippen molar-refractivity contribution in [3.05, 3.63) is 63.6 Å². The summed E-state index contributed by atoms with van der Waals surface area (Å²) in [5, 5.41) is 12.8. The van der Waals surface area contributed by atoms with E-state index in [1.165, 1.54) is 0 Å². The van der Waals surface area contributed by atoms with Crippen LogP contribution in [0, 0.1) is 6.92 Å². The summed E-state index contributed by atoms with van der Waals surface area (Å²) in [7, 11) is 1.54. The number of piperidine rings is 1. The second-order valence-electron chi connectivity index (χ2n) is 9.56. The van der Waals surface area contributed by atoms with Gasteiger partial charge in [-0.3, -0.25) is 9.59 Å². The molecule has 1 aliphatic rings. The number of ether oxygens (including phenoxy) is 1. The second-order valence-corrected chi connectivity index (χ2v) is 10.5. The average molecular weight is 590 g/mol. The predicted octanol–water partition coefficient (Wildman–Crippen LogP) is 5.93. The van der Waals surface area contributed by atoms with E-state index in [2.05, 4.69) is 26.2 Å². The molecule has 10 heteroatoms. The number of anilines is 1. The molecule has 2 heterocycles. The zero-order valence-corrected chi connectivity index (χ0v) is 22.9. The zero-order chi connectivity index (χ0) is 27.4. The predicted molar refractivity (Wildman–Crippen MR) is 146 cm³/mol. The van der Waals surface area contributed by atoms with Crippen molar-refractivity contribution in [3.63, 3.8) is 0 Å². The van der Waals surface area contributed by atoms with Gasteiger partial charge in [0, 0.05) is 47.3 Å². The summed E-state index contributed by atoms with van der Waals surface area (Å²) in [6.07, 6.45) is 0.386. The normalized spacial score (nSPS) is 15.8. The number of aromatic nitrogens is 1. The molecule has 1 amide bonds. The van der Waals surface area contributed by atoms with Crippen molar-refractivity contribution in [2.24, 2.45) is 0 Å². The molecule has 2 N–H and O–H groups in total. The Morgan fingerprint density at radius 3 is 2.74 bits per heavy atom. The Morgan fingerprint density at radius 2 is 2.03 bits per heavy atom. The van der Waals surface area contributed by atoms with Gasteiger partial charge in [-0.15, -0.1) is 0 Å². The first-order valence-corrected chi connectivity index (χ1v) is 13.2. The molecule has 0 aliphatic carbocycles. The van der Waals surface area contributed by atoms with Gasteiger partial charge in [0.25, 0.3) is 11.8 Å². The lowest BCUT2D eigenvalue weighted by atomic mass is 9.93. The number of pyridine rings is 1. The molecule has 1 atom stereocenters. The highest BCUT2D eigenvalue weighted by atomic mass is 79.9. The number of para-hydroxylation sites is 1. The Balaban J connectivity index is 1.69. The maximum atomic E-state index is 14.3. The van der Waals surface area contributed by atoms with E-state index >= 15 is 0 Å². The van der Waals surface area contributed by atoms with Crippen molar-refractivity contribution in [1.29, 1.82) is 0 Å². The fourth-order valence-electron chi connectivity index (χ4n) is 5.04. The third-order valence-corrected chi connectivity index (χ3v) is 7.37. The van der Waals surface area contributed by atoms with Crippen LogP contribution >= 0.6 is 15.9 Å². The van der Waals surface area contributed by atoms with Crippen LogP contribution in [0.15, 0.2) is 46.9 Å². The molecule has 0 unspecified atom stereocenters. The number of hydrogen-bond donors (Lipinski definition) is 2. The Labute approximate surface area is 228 Å². The molecule has 38 heavy (non-hydrogen) atoms. The molecule has 1 saturated heterocycles. The van der Waals surface area contributed by atoms with E-state index in [0.29, 0.717) is 53.0 Å². The minimum absolute atomic E-state index is 0.0733. The monoisotopic (exact) mass is 589 g/mol. The molecule has 0 saturated carbocycles. The number of carbonyl (C=O) groups excluding carboxylic acids is 1. The van der Waals surface area contributed by atoms with Crippen molar-refractivity contribution < 1.29 is 28.2 Å². The number of carboxylic acids is 1. The first-order valence-electron chi connectivity index (χ1n) is 12.4. The van der Waals surface area contributed by atoms with Crippen LogP contribution in [0.5, 0.6) is 5.75 Å². The second kappa shape index (κ2) is 11.6. The van der Waals surface area contributed by atoms with Crippen LogP contribution < -0.4 is 15.0 Å². The Morgan fingerprint density at radius 1 is 1.26 bits per heavy atom. The molecule has 0 radical (unpaired) electrons. The van der Waals surface area contributed by atoms with Crippen molar-refractivity contribution in [1.82, 2.24) is 10.3 Å². The summed E-state index contributed by atoms with van der Waals surface area (Å²) >= 11 is 3.45. The molecule has 4 rings (SSSR count). The number of carbonyl (C=O) groups is 2. The molecule has 3 aromatic rings. The molecule has 2 aromatic carbocycles. The van der Waals surface area contributed by atoms with Gasteiger partial charge in [-0.2, -0.15) is 0 Å². The maximum Gasteiger partial charge on any atom is 0.303 e. The topological polar surface area (TPSA) is 91.8 Å². The molecular formula is C28H30BrF2N3O4. The van der Waals surface area contributed by atoms with Crippen molar-refractivity contribution in [2.75, 3.05) is 31.6 Å². The zero-order valence-electron chi connectivity index (χ0n) is 21.3. The van der Waals surface area contributed by atoms with E-state index < -0.39 is 18.4 Å². The fourth-order valence-corrected chi connectivity index (χ4v) is 5.40. The van der Waals surface area contributed by atoms with Gasteiger partial charge in [-0.25, -0.2) is 13.8 Å². The number of carboxylic acid groups (broad SMARTS) is 1. The Kier molecular flexibility index (Phi) is 8.50. The third kappa shape index (κ3) is 6.23. The highest BCUT2D eigenvalue weighted by Crippen LogP contribution is 2.35. The summed E-state index contributed by atoms with van der Waals surface area (Å²) in [6.45, 7) is 1.87. The van der Waals surface area contributed by atoms with E-state index in [-0.39, 0.29) is 31.2 Å². The van der Waals surface area contributed by atoms with Crippen LogP contribution in [-0.2, 0) is 4.79 Å². The van der Waals surface area contributed by atoms with Gasteiger partial charge in [0.2, 0.25) is 0 Å². The highest BCUT2D eigenvalue weighted by molar-refractivity contribution is 9.10. The minimum Gasteiger partial charge on any atom is -0.496 e. The number of nitrogens with one attached hydrogen (secondary N) is 1. The lowest BCUT2D eigenvalue weighted by Gasteiger charge is -2.34.